The summed E-state index contributed by atoms with van der Waals surface area (Å²) in [5.74, 6) is 0.792. The van der Waals surface area contributed by atoms with E-state index in [-0.39, 0.29) is 6.04 Å². The molecule has 15 heavy (non-hydrogen) atoms. The minimum absolute atomic E-state index is 0.207. The molecule has 82 valence electrons. The first kappa shape index (κ1) is 11.8. The minimum Gasteiger partial charge on any atom is -0.492 e. The van der Waals surface area contributed by atoms with Crippen LogP contribution in [0.1, 0.15) is 19.4 Å². The van der Waals surface area contributed by atoms with Crippen LogP contribution in [0.3, 0.4) is 0 Å². The van der Waals surface area contributed by atoms with Crippen molar-refractivity contribution in [3.63, 3.8) is 0 Å². The molecule has 0 amide bonds. The van der Waals surface area contributed by atoms with E-state index >= 15 is 0 Å². The Labute approximate surface area is 92.0 Å². The minimum atomic E-state index is 0.207. The van der Waals surface area contributed by atoms with Crippen LogP contribution in [-0.4, -0.2) is 12.6 Å². The van der Waals surface area contributed by atoms with Gasteiger partial charge in [0.05, 0.1) is 6.04 Å². The predicted molar refractivity (Wildman–Crippen MR) is 63.5 cm³/mol. The zero-order valence-corrected chi connectivity index (χ0v) is 9.49. The molecule has 2 heteroatoms. The number of benzene rings is 1. The predicted octanol–water partition coefficient (Wildman–Crippen LogP) is 2.71. The molecule has 1 N–H and O–H groups in total. The van der Waals surface area contributed by atoms with E-state index in [0.29, 0.717) is 6.61 Å². The molecule has 1 atom stereocenters. The van der Waals surface area contributed by atoms with E-state index in [0.717, 1.165) is 12.3 Å². The first-order valence-corrected chi connectivity index (χ1v) is 5.33. The quantitative estimate of drug-likeness (QED) is 0.721. The standard InChI is InChI=1S/C13H19NO/c1-4-14-11(2)12(3)15-10-13-8-6-5-7-9-13/h5-9,11,14H,3-4,10H2,1-2H3/t11-/m0/s1. The molecule has 0 saturated heterocycles. The smallest absolute Gasteiger partial charge is 0.113 e. The fourth-order valence-electron chi connectivity index (χ4n) is 1.30. The first-order chi connectivity index (χ1) is 7.24. The van der Waals surface area contributed by atoms with E-state index in [1.54, 1.807) is 0 Å². The van der Waals surface area contributed by atoms with Crippen LogP contribution < -0.4 is 5.32 Å². The summed E-state index contributed by atoms with van der Waals surface area (Å²) in [5.41, 5.74) is 1.17. The third-order valence-electron chi connectivity index (χ3n) is 2.26. The molecule has 1 aromatic rings. The van der Waals surface area contributed by atoms with Gasteiger partial charge in [0.15, 0.2) is 0 Å². The number of ether oxygens (including phenoxy) is 1. The lowest BCUT2D eigenvalue weighted by molar-refractivity contribution is 0.177. The second-order valence-electron chi connectivity index (χ2n) is 3.52. The zero-order valence-electron chi connectivity index (χ0n) is 9.49. The molecule has 0 saturated carbocycles. The number of hydrogen-bond donors (Lipinski definition) is 1. The Kier molecular flexibility index (Phi) is 4.91. The lowest BCUT2D eigenvalue weighted by atomic mass is 10.2. The lowest BCUT2D eigenvalue weighted by Crippen LogP contribution is -2.28. The molecule has 0 fully saturated rings. The van der Waals surface area contributed by atoms with Gasteiger partial charge in [-0.1, -0.05) is 43.8 Å². The molecule has 0 aliphatic rings. The van der Waals surface area contributed by atoms with Crippen LogP contribution in [0.25, 0.3) is 0 Å². The fourth-order valence-corrected chi connectivity index (χ4v) is 1.30. The highest BCUT2D eigenvalue weighted by Gasteiger charge is 2.05. The van der Waals surface area contributed by atoms with Crippen LogP contribution in [-0.2, 0) is 11.3 Å². The van der Waals surface area contributed by atoms with E-state index in [9.17, 15) is 0 Å². The Morgan fingerprint density at radius 1 is 1.40 bits per heavy atom. The Morgan fingerprint density at radius 3 is 2.67 bits per heavy atom. The van der Waals surface area contributed by atoms with Gasteiger partial charge in [-0.05, 0) is 19.0 Å². The average molecular weight is 205 g/mol. The number of likely N-dealkylation sites (N-methyl/N-ethyl adjacent to an activating group) is 1. The largest absolute Gasteiger partial charge is 0.492 e. The van der Waals surface area contributed by atoms with Gasteiger partial charge in [-0.15, -0.1) is 0 Å². The van der Waals surface area contributed by atoms with E-state index < -0.39 is 0 Å². The second kappa shape index (κ2) is 6.25. The summed E-state index contributed by atoms with van der Waals surface area (Å²) in [7, 11) is 0. The van der Waals surface area contributed by atoms with E-state index in [1.807, 2.05) is 30.3 Å². The number of nitrogens with one attached hydrogen (secondary N) is 1. The Bertz CT molecular complexity index is 295. The molecule has 1 rings (SSSR count). The molecule has 1 aromatic carbocycles. The van der Waals surface area contributed by atoms with E-state index in [2.05, 4.69) is 25.7 Å². The van der Waals surface area contributed by atoms with Crippen LogP contribution in [0, 0.1) is 0 Å². The van der Waals surface area contributed by atoms with Crippen molar-refractivity contribution in [2.45, 2.75) is 26.5 Å². The van der Waals surface area contributed by atoms with Gasteiger partial charge in [-0.3, -0.25) is 0 Å². The highest BCUT2D eigenvalue weighted by Crippen LogP contribution is 2.07. The molecule has 2 nitrogen and oxygen atoms in total. The van der Waals surface area contributed by atoms with E-state index in [1.165, 1.54) is 5.56 Å². The van der Waals surface area contributed by atoms with Crippen LogP contribution in [0.15, 0.2) is 42.7 Å². The molecule has 0 radical (unpaired) electrons. The van der Waals surface area contributed by atoms with Crippen molar-refractivity contribution < 1.29 is 4.74 Å². The fraction of sp³-hybridized carbons (Fsp3) is 0.385. The van der Waals surface area contributed by atoms with Crippen LogP contribution in [0.4, 0.5) is 0 Å². The van der Waals surface area contributed by atoms with Crippen LogP contribution in [0.2, 0.25) is 0 Å². The molecule has 0 bridgehead atoms. The van der Waals surface area contributed by atoms with Gasteiger partial charge in [0, 0.05) is 0 Å². The topological polar surface area (TPSA) is 21.3 Å². The lowest BCUT2D eigenvalue weighted by Gasteiger charge is -2.16. The SMILES string of the molecule is C=C(OCc1ccccc1)[C@H](C)NCC. The molecule has 0 unspecified atom stereocenters. The van der Waals surface area contributed by atoms with Crippen molar-refractivity contribution in [1.82, 2.24) is 5.32 Å². The third-order valence-corrected chi connectivity index (χ3v) is 2.26. The van der Waals surface area contributed by atoms with Gasteiger partial charge >= 0.3 is 0 Å². The van der Waals surface area contributed by atoms with Gasteiger partial charge in [-0.2, -0.15) is 0 Å². The maximum absolute atomic E-state index is 5.59. The highest BCUT2D eigenvalue weighted by molar-refractivity contribution is 5.14. The van der Waals surface area contributed by atoms with Crippen molar-refractivity contribution in [2.24, 2.45) is 0 Å². The Balaban J connectivity index is 2.34. The molecule has 0 spiro atoms. The molecule has 0 aliphatic heterocycles. The Morgan fingerprint density at radius 2 is 2.07 bits per heavy atom. The zero-order chi connectivity index (χ0) is 11.1. The van der Waals surface area contributed by atoms with Gasteiger partial charge < -0.3 is 10.1 Å². The maximum Gasteiger partial charge on any atom is 0.113 e. The average Bonchev–Trinajstić information content (AvgIpc) is 2.27. The maximum atomic E-state index is 5.59. The number of hydrogen-bond acceptors (Lipinski definition) is 2. The van der Waals surface area contributed by atoms with Crippen LogP contribution >= 0.6 is 0 Å². The second-order valence-corrected chi connectivity index (χ2v) is 3.52. The third kappa shape index (κ3) is 4.17. The molecular formula is C13H19NO. The van der Waals surface area contributed by atoms with Crippen molar-refractivity contribution in [2.75, 3.05) is 6.54 Å². The summed E-state index contributed by atoms with van der Waals surface area (Å²) >= 11 is 0. The molecular weight excluding hydrogens is 186 g/mol. The first-order valence-electron chi connectivity index (χ1n) is 5.33. The van der Waals surface area contributed by atoms with Crippen molar-refractivity contribution in [1.29, 1.82) is 0 Å². The van der Waals surface area contributed by atoms with Crippen molar-refractivity contribution in [3.8, 4) is 0 Å². The Hall–Kier alpha value is -1.28. The van der Waals surface area contributed by atoms with Crippen molar-refractivity contribution in [3.05, 3.63) is 48.2 Å². The van der Waals surface area contributed by atoms with Gasteiger partial charge in [0.2, 0.25) is 0 Å². The van der Waals surface area contributed by atoms with Crippen LogP contribution in [0.5, 0.6) is 0 Å². The summed E-state index contributed by atoms with van der Waals surface area (Å²) in [5, 5.41) is 3.26. The highest BCUT2D eigenvalue weighted by atomic mass is 16.5. The number of rotatable bonds is 6. The molecule has 0 aliphatic carbocycles. The molecule has 0 aromatic heterocycles. The van der Waals surface area contributed by atoms with Gasteiger partial charge in [-0.25, -0.2) is 0 Å². The summed E-state index contributed by atoms with van der Waals surface area (Å²) in [6.07, 6.45) is 0. The summed E-state index contributed by atoms with van der Waals surface area (Å²) in [6, 6.07) is 10.3. The monoisotopic (exact) mass is 205 g/mol. The normalized spacial score (nSPS) is 12.1. The summed E-state index contributed by atoms with van der Waals surface area (Å²) in [6.45, 7) is 9.54. The molecule has 0 heterocycles. The summed E-state index contributed by atoms with van der Waals surface area (Å²) in [4.78, 5) is 0. The van der Waals surface area contributed by atoms with Gasteiger partial charge in [0.25, 0.3) is 0 Å². The van der Waals surface area contributed by atoms with E-state index in [4.69, 9.17) is 4.74 Å². The van der Waals surface area contributed by atoms with Gasteiger partial charge in [0.1, 0.15) is 12.4 Å². The summed E-state index contributed by atoms with van der Waals surface area (Å²) < 4.78 is 5.59. The van der Waals surface area contributed by atoms with Crippen molar-refractivity contribution >= 4 is 0 Å².